The molecule has 3 rings (SSSR count). The van der Waals surface area contributed by atoms with E-state index >= 15 is 0 Å². The summed E-state index contributed by atoms with van der Waals surface area (Å²) in [6, 6.07) is 6.63. The Morgan fingerprint density at radius 3 is 2.38 bits per heavy atom. The topological polar surface area (TPSA) is 138 Å². The van der Waals surface area contributed by atoms with Gasteiger partial charge in [-0.15, -0.1) is 10.2 Å². The number of benzene rings is 1. The quantitative estimate of drug-likeness (QED) is 0.321. The third-order valence-electron chi connectivity index (χ3n) is 4.83. The minimum atomic E-state index is -3.24. The van der Waals surface area contributed by atoms with Crippen LogP contribution < -0.4 is 10.6 Å². The third-order valence-corrected chi connectivity index (χ3v) is 8.11. The Kier molecular flexibility index (Phi) is 7.98. The van der Waals surface area contributed by atoms with E-state index in [2.05, 4.69) is 20.8 Å². The Labute approximate surface area is 194 Å². The predicted octanol–water partition coefficient (Wildman–Crippen LogP) is 2.08. The van der Waals surface area contributed by atoms with Gasteiger partial charge >= 0.3 is 0 Å². The van der Waals surface area contributed by atoms with Crippen LogP contribution in [0.15, 0.2) is 28.6 Å². The van der Waals surface area contributed by atoms with Gasteiger partial charge < -0.3 is 10.6 Å². The molecule has 1 saturated heterocycles. The summed E-state index contributed by atoms with van der Waals surface area (Å²) >= 11 is 2.36. The summed E-state index contributed by atoms with van der Waals surface area (Å²) in [6.07, 6.45) is 2.07. The number of thioether (sulfide) groups is 1. The van der Waals surface area contributed by atoms with E-state index in [1.165, 1.54) is 34.3 Å². The Balaban J connectivity index is 1.44. The first kappa shape index (κ1) is 24.3. The van der Waals surface area contributed by atoms with Crippen molar-refractivity contribution in [1.82, 2.24) is 14.5 Å². The fraction of sp³-hybridized carbons (Fsp3) is 0.421. The van der Waals surface area contributed by atoms with Crippen molar-refractivity contribution in [2.75, 3.05) is 35.7 Å². The lowest BCUT2D eigenvalue weighted by Crippen LogP contribution is -2.40. The maximum absolute atomic E-state index is 12.4. The van der Waals surface area contributed by atoms with Crippen LogP contribution in [0.2, 0.25) is 0 Å². The second-order valence-corrected chi connectivity index (χ2v) is 11.5. The van der Waals surface area contributed by atoms with Crippen molar-refractivity contribution in [3.8, 4) is 0 Å². The highest BCUT2D eigenvalue weighted by Gasteiger charge is 2.29. The fourth-order valence-corrected chi connectivity index (χ4v) is 5.52. The molecule has 10 nitrogen and oxygen atoms in total. The number of nitrogens with one attached hydrogen (secondary N) is 2. The Morgan fingerprint density at radius 1 is 1.12 bits per heavy atom. The van der Waals surface area contributed by atoms with Crippen LogP contribution in [-0.4, -0.2) is 65.6 Å². The second-order valence-electron chi connectivity index (χ2n) is 7.27. The van der Waals surface area contributed by atoms with Gasteiger partial charge in [0.15, 0.2) is 10.1 Å². The summed E-state index contributed by atoms with van der Waals surface area (Å²) in [5.74, 6) is -0.659. The number of carbonyl (C=O) groups is 3. The fourth-order valence-electron chi connectivity index (χ4n) is 3.09. The number of ketones is 1. The summed E-state index contributed by atoms with van der Waals surface area (Å²) in [4.78, 5) is 35.9. The Hall–Kier alpha value is -2.35. The normalized spacial score (nSPS) is 15.3. The highest BCUT2D eigenvalue weighted by atomic mass is 32.2. The summed E-state index contributed by atoms with van der Waals surface area (Å²) in [5, 5.41) is 13.7. The molecule has 0 radical (unpaired) electrons. The lowest BCUT2D eigenvalue weighted by Gasteiger charge is -2.29. The van der Waals surface area contributed by atoms with Crippen LogP contribution in [0.5, 0.6) is 0 Å². The van der Waals surface area contributed by atoms with Gasteiger partial charge in [0.2, 0.25) is 27.0 Å². The smallest absolute Gasteiger partial charge is 0.234 e. The van der Waals surface area contributed by atoms with E-state index in [0.29, 0.717) is 46.7 Å². The van der Waals surface area contributed by atoms with Gasteiger partial charge in [-0.05, 0) is 44.0 Å². The minimum Gasteiger partial charge on any atom is -0.325 e. The molecular formula is C19H23N5O5S3. The largest absolute Gasteiger partial charge is 0.325 e. The van der Waals surface area contributed by atoms with Gasteiger partial charge in [-0.2, -0.15) is 0 Å². The molecule has 1 aliphatic heterocycles. The molecule has 2 amide bonds. The first-order chi connectivity index (χ1) is 15.1. The third kappa shape index (κ3) is 6.82. The lowest BCUT2D eigenvalue weighted by molar-refractivity contribution is -0.121. The molecule has 0 unspecified atom stereocenters. The standard InChI is InChI=1S/C19H23N5O5S3/c1-12(25)13-3-5-15(6-4-13)20-16(26)11-30-19-23-22-18(31-19)21-17(27)14-7-9-24(10-8-14)32(2,28)29/h3-6,14H,7-11H2,1-2H3,(H,20,26)(H,21,22,27). The number of carbonyl (C=O) groups excluding carboxylic acids is 3. The Bertz CT molecular complexity index is 1090. The van der Waals surface area contributed by atoms with Crippen LogP contribution in [0.4, 0.5) is 10.8 Å². The molecule has 2 N–H and O–H groups in total. The van der Waals surface area contributed by atoms with E-state index in [1.54, 1.807) is 24.3 Å². The zero-order valence-corrected chi connectivity index (χ0v) is 20.0. The summed E-state index contributed by atoms with van der Waals surface area (Å²) in [7, 11) is -3.24. The number of hydrogen-bond donors (Lipinski definition) is 2. The molecule has 172 valence electrons. The molecule has 13 heteroatoms. The van der Waals surface area contributed by atoms with Crippen LogP contribution in [0.25, 0.3) is 0 Å². The number of Topliss-reactive ketones (excluding diaryl/α,β-unsaturated/α-hetero) is 1. The molecule has 0 spiro atoms. The molecule has 32 heavy (non-hydrogen) atoms. The van der Waals surface area contributed by atoms with Crippen LogP contribution in [0, 0.1) is 5.92 Å². The van der Waals surface area contributed by atoms with Crippen LogP contribution in [0.3, 0.4) is 0 Å². The maximum atomic E-state index is 12.4. The highest BCUT2D eigenvalue weighted by Crippen LogP contribution is 2.27. The number of sulfonamides is 1. The van der Waals surface area contributed by atoms with E-state index in [0.717, 1.165) is 6.26 Å². The van der Waals surface area contributed by atoms with Gasteiger partial charge in [0, 0.05) is 30.3 Å². The minimum absolute atomic E-state index is 0.0445. The number of rotatable bonds is 8. The van der Waals surface area contributed by atoms with Crippen molar-refractivity contribution in [3.63, 3.8) is 0 Å². The van der Waals surface area contributed by atoms with Gasteiger partial charge in [-0.3, -0.25) is 14.4 Å². The number of piperidine rings is 1. The average Bonchev–Trinajstić information content (AvgIpc) is 3.19. The molecule has 0 bridgehead atoms. The number of aromatic nitrogens is 2. The first-order valence-corrected chi connectivity index (χ1v) is 13.4. The first-order valence-electron chi connectivity index (χ1n) is 9.75. The second kappa shape index (κ2) is 10.5. The zero-order valence-electron chi connectivity index (χ0n) is 17.5. The molecule has 1 aromatic carbocycles. The molecule has 1 aromatic heterocycles. The monoisotopic (exact) mass is 497 g/mol. The van der Waals surface area contributed by atoms with Crippen LogP contribution in [0.1, 0.15) is 30.1 Å². The molecule has 2 aromatic rings. The summed E-state index contributed by atoms with van der Waals surface area (Å²) in [5.41, 5.74) is 1.16. The van der Waals surface area contributed by atoms with Gasteiger partial charge in [0.05, 0.1) is 12.0 Å². The van der Waals surface area contributed by atoms with Crippen molar-refractivity contribution < 1.29 is 22.8 Å². The molecule has 0 atom stereocenters. The van der Waals surface area contributed by atoms with Crippen LogP contribution >= 0.6 is 23.1 Å². The lowest BCUT2D eigenvalue weighted by atomic mass is 9.97. The number of amides is 2. The van der Waals surface area contributed by atoms with E-state index in [9.17, 15) is 22.8 Å². The maximum Gasteiger partial charge on any atom is 0.234 e. The number of nitrogens with zero attached hydrogens (tertiary/aromatic N) is 3. The van der Waals surface area contributed by atoms with Crippen molar-refractivity contribution in [3.05, 3.63) is 29.8 Å². The van der Waals surface area contributed by atoms with E-state index in [4.69, 9.17) is 0 Å². The van der Waals surface area contributed by atoms with Gasteiger partial charge in [0.25, 0.3) is 0 Å². The van der Waals surface area contributed by atoms with Crippen molar-refractivity contribution in [2.45, 2.75) is 24.1 Å². The molecular weight excluding hydrogens is 474 g/mol. The van der Waals surface area contributed by atoms with Crippen LogP contribution in [-0.2, 0) is 19.6 Å². The summed E-state index contributed by atoms with van der Waals surface area (Å²) < 4.78 is 25.1. The molecule has 2 heterocycles. The van der Waals surface area contributed by atoms with Crippen molar-refractivity contribution in [2.24, 2.45) is 5.92 Å². The zero-order chi connectivity index (χ0) is 23.3. The average molecular weight is 498 g/mol. The van der Waals surface area contributed by atoms with Gasteiger partial charge in [0.1, 0.15) is 0 Å². The van der Waals surface area contributed by atoms with E-state index in [1.807, 2.05) is 0 Å². The van der Waals surface area contributed by atoms with Crippen molar-refractivity contribution in [1.29, 1.82) is 0 Å². The van der Waals surface area contributed by atoms with Gasteiger partial charge in [-0.25, -0.2) is 12.7 Å². The van der Waals surface area contributed by atoms with E-state index < -0.39 is 10.0 Å². The van der Waals surface area contributed by atoms with Crippen molar-refractivity contribution >= 4 is 61.5 Å². The number of anilines is 2. The molecule has 1 fully saturated rings. The molecule has 1 aliphatic rings. The van der Waals surface area contributed by atoms with Gasteiger partial charge in [-0.1, -0.05) is 23.1 Å². The highest BCUT2D eigenvalue weighted by molar-refractivity contribution is 8.01. The SMILES string of the molecule is CC(=O)c1ccc(NC(=O)CSc2nnc(NC(=O)C3CCN(S(C)(=O)=O)CC3)s2)cc1. The Morgan fingerprint density at radius 2 is 1.78 bits per heavy atom. The molecule has 0 saturated carbocycles. The number of hydrogen-bond acceptors (Lipinski definition) is 9. The predicted molar refractivity (Wildman–Crippen MR) is 123 cm³/mol. The summed E-state index contributed by atoms with van der Waals surface area (Å²) in [6.45, 7) is 2.12. The molecule has 0 aliphatic carbocycles. The van der Waals surface area contributed by atoms with E-state index in [-0.39, 0.29) is 29.3 Å².